The zero-order valence-corrected chi connectivity index (χ0v) is 11.2. The summed E-state index contributed by atoms with van der Waals surface area (Å²) in [6.07, 6.45) is 0.118. The lowest BCUT2D eigenvalue weighted by Gasteiger charge is -2.23. The molecule has 19 heavy (non-hydrogen) atoms. The summed E-state index contributed by atoms with van der Waals surface area (Å²) in [5.41, 5.74) is -0.639. The highest BCUT2D eigenvalue weighted by Gasteiger charge is 2.45. The molecular formula is C12H15NO5S. The number of carboxylic acid groups (broad SMARTS) is 1. The number of carbonyl (C=O) groups is 1. The van der Waals surface area contributed by atoms with Gasteiger partial charge in [0, 0.05) is 13.0 Å². The Labute approximate surface area is 111 Å². The molecule has 0 aromatic heterocycles. The zero-order valence-electron chi connectivity index (χ0n) is 10.4. The number of hydrogen-bond acceptors (Lipinski definition) is 4. The van der Waals surface area contributed by atoms with E-state index in [-0.39, 0.29) is 24.5 Å². The van der Waals surface area contributed by atoms with Crippen LogP contribution in [-0.2, 0) is 19.6 Å². The molecule has 0 amide bonds. The Morgan fingerprint density at radius 1 is 1.37 bits per heavy atom. The van der Waals surface area contributed by atoms with Crippen LogP contribution in [0.4, 0.5) is 0 Å². The monoisotopic (exact) mass is 285 g/mol. The number of ether oxygens (including phenoxy) is 1. The molecule has 104 valence electrons. The Morgan fingerprint density at radius 3 is 2.47 bits per heavy atom. The Hall–Kier alpha value is -1.44. The van der Waals surface area contributed by atoms with E-state index < -0.39 is 21.5 Å². The van der Waals surface area contributed by atoms with Crippen molar-refractivity contribution in [3.63, 3.8) is 0 Å². The van der Waals surface area contributed by atoms with Crippen molar-refractivity contribution < 1.29 is 23.1 Å². The molecule has 0 saturated carbocycles. The molecule has 1 saturated heterocycles. The van der Waals surface area contributed by atoms with Gasteiger partial charge in [0.25, 0.3) is 0 Å². The van der Waals surface area contributed by atoms with Crippen molar-refractivity contribution >= 4 is 16.0 Å². The van der Waals surface area contributed by atoms with Crippen LogP contribution in [0.2, 0.25) is 0 Å². The number of aliphatic carboxylic acids is 1. The number of nitrogens with one attached hydrogen (secondary N) is 1. The minimum Gasteiger partial charge on any atom is -0.480 e. The van der Waals surface area contributed by atoms with Gasteiger partial charge in [-0.3, -0.25) is 4.79 Å². The molecular weight excluding hydrogens is 270 g/mol. The molecule has 1 atom stereocenters. The van der Waals surface area contributed by atoms with Crippen molar-refractivity contribution in [2.24, 2.45) is 0 Å². The van der Waals surface area contributed by atoms with Gasteiger partial charge in [0.05, 0.1) is 11.5 Å². The number of aryl methyl sites for hydroxylation is 1. The smallest absolute Gasteiger partial charge is 0.327 e. The molecule has 1 fully saturated rings. The molecule has 1 heterocycles. The van der Waals surface area contributed by atoms with E-state index >= 15 is 0 Å². The second kappa shape index (κ2) is 4.92. The number of carboxylic acids is 1. The molecule has 1 aromatic rings. The standard InChI is InChI=1S/C12H15NO5S/c1-9-2-4-10(5-3-9)19(16,17)13-12(11(14)15)6-7-18-8-12/h2-5,13H,6-8H2,1H3,(H,14,15). The van der Waals surface area contributed by atoms with Crippen LogP contribution >= 0.6 is 0 Å². The molecule has 2 N–H and O–H groups in total. The second-order valence-corrected chi connectivity index (χ2v) is 6.29. The van der Waals surface area contributed by atoms with E-state index in [1.807, 2.05) is 6.92 Å². The van der Waals surface area contributed by atoms with Gasteiger partial charge in [-0.15, -0.1) is 0 Å². The zero-order chi connectivity index (χ0) is 14.1. The van der Waals surface area contributed by atoms with E-state index in [4.69, 9.17) is 4.74 Å². The lowest BCUT2D eigenvalue weighted by molar-refractivity contribution is -0.144. The first-order valence-corrected chi connectivity index (χ1v) is 7.26. The fraction of sp³-hybridized carbons (Fsp3) is 0.417. The molecule has 1 aliphatic rings. The fourth-order valence-corrected chi connectivity index (χ4v) is 3.27. The van der Waals surface area contributed by atoms with Crippen LogP contribution < -0.4 is 4.72 Å². The lowest BCUT2D eigenvalue weighted by atomic mass is 10.0. The maximum atomic E-state index is 12.2. The Morgan fingerprint density at radius 2 is 2.00 bits per heavy atom. The maximum Gasteiger partial charge on any atom is 0.327 e. The molecule has 0 bridgehead atoms. The quantitative estimate of drug-likeness (QED) is 0.841. The molecule has 0 spiro atoms. The van der Waals surface area contributed by atoms with Gasteiger partial charge in [-0.1, -0.05) is 17.7 Å². The van der Waals surface area contributed by atoms with Gasteiger partial charge in [0.1, 0.15) is 0 Å². The topological polar surface area (TPSA) is 92.7 Å². The Balaban J connectivity index is 2.30. The van der Waals surface area contributed by atoms with Gasteiger partial charge < -0.3 is 9.84 Å². The first kappa shape index (κ1) is 14.0. The predicted octanol–water partition coefficient (Wildman–Crippen LogP) is 0.517. The van der Waals surface area contributed by atoms with Crippen LogP contribution in [-0.4, -0.2) is 38.2 Å². The third-order valence-corrected chi connectivity index (χ3v) is 4.64. The van der Waals surface area contributed by atoms with E-state index in [0.717, 1.165) is 5.56 Å². The van der Waals surface area contributed by atoms with Crippen molar-refractivity contribution in [1.29, 1.82) is 0 Å². The van der Waals surface area contributed by atoms with Gasteiger partial charge >= 0.3 is 5.97 Å². The lowest BCUT2D eigenvalue weighted by Crippen LogP contribution is -2.54. The van der Waals surface area contributed by atoms with Crippen molar-refractivity contribution in [3.8, 4) is 0 Å². The number of rotatable bonds is 4. The summed E-state index contributed by atoms with van der Waals surface area (Å²) in [6, 6.07) is 6.21. The van der Waals surface area contributed by atoms with Gasteiger partial charge in [-0.2, -0.15) is 4.72 Å². The summed E-state index contributed by atoms with van der Waals surface area (Å²) in [4.78, 5) is 11.3. The van der Waals surface area contributed by atoms with Crippen LogP contribution in [0.25, 0.3) is 0 Å². The average molecular weight is 285 g/mol. The van der Waals surface area contributed by atoms with Gasteiger partial charge in [-0.25, -0.2) is 8.42 Å². The third kappa shape index (κ3) is 2.78. The largest absolute Gasteiger partial charge is 0.480 e. The molecule has 1 aromatic carbocycles. The first-order chi connectivity index (χ1) is 8.86. The molecule has 0 aliphatic carbocycles. The minimum absolute atomic E-state index is 0.0469. The van der Waals surface area contributed by atoms with E-state index in [9.17, 15) is 18.3 Å². The molecule has 7 heteroatoms. The second-order valence-electron chi connectivity index (χ2n) is 4.61. The molecule has 6 nitrogen and oxygen atoms in total. The molecule has 1 aliphatic heterocycles. The summed E-state index contributed by atoms with van der Waals surface area (Å²) >= 11 is 0. The minimum atomic E-state index is -3.87. The van der Waals surface area contributed by atoms with E-state index in [2.05, 4.69) is 4.72 Å². The first-order valence-electron chi connectivity index (χ1n) is 5.78. The Kier molecular flexibility index (Phi) is 3.62. The summed E-state index contributed by atoms with van der Waals surface area (Å²) < 4.78 is 31.6. The third-order valence-electron chi connectivity index (χ3n) is 3.09. The highest BCUT2D eigenvalue weighted by Crippen LogP contribution is 2.22. The molecule has 2 rings (SSSR count). The van der Waals surface area contributed by atoms with Crippen LogP contribution in [0.15, 0.2) is 29.2 Å². The van der Waals surface area contributed by atoms with Crippen LogP contribution in [0.3, 0.4) is 0 Å². The van der Waals surface area contributed by atoms with Gasteiger partial charge in [0.15, 0.2) is 5.54 Å². The van der Waals surface area contributed by atoms with Gasteiger partial charge in [0.2, 0.25) is 10.0 Å². The summed E-state index contributed by atoms with van der Waals surface area (Å²) in [6.45, 7) is 1.91. The fourth-order valence-electron chi connectivity index (χ4n) is 1.89. The number of benzene rings is 1. The number of sulfonamides is 1. The molecule has 0 radical (unpaired) electrons. The van der Waals surface area contributed by atoms with Crippen molar-refractivity contribution in [2.75, 3.05) is 13.2 Å². The summed E-state index contributed by atoms with van der Waals surface area (Å²) in [7, 11) is -3.87. The summed E-state index contributed by atoms with van der Waals surface area (Å²) in [5.74, 6) is -1.22. The van der Waals surface area contributed by atoms with Crippen LogP contribution in [0.1, 0.15) is 12.0 Å². The predicted molar refractivity (Wildman–Crippen MR) is 67.3 cm³/mol. The number of hydrogen-bond donors (Lipinski definition) is 2. The van der Waals surface area contributed by atoms with Gasteiger partial charge in [-0.05, 0) is 19.1 Å². The maximum absolute atomic E-state index is 12.2. The van der Waals surface area contributed by atoms with Crippen molar-refractivity contribution in [1.82, 2.24) is 4.72 Å². The van der Waals surface area contributed by atoms with Crippen molar-refractivity contribution in [2.45, 2.75) is 23.8 Å². The highest BCUT2D eigenvalue weighted by molar-refractivity contribution is 7.89. The SMILES string of the molecule is Cc1ccc(S(=O)(=O)NC2(C(=O)O)CCOC2)cc1. The highest BCUT2D eigenvalue weighted by atomic mass is 32.2. The van der Waals surface area contributed by atoms with Crippen LogP contribution in [0, 0.1) is 6.92 Å². The summed E-state index contributed by atoms with van der Waals surface area (Å²) in [5, 5.41) is 9.21. The van der Waals surface area contributed by atoms with E-state index in [1.165, 1.54) is 12.1 Å². The molecule has 1 unspecified atom stereocenters. The Bertz CT molecular complexity index is 573. The van der Waals surface area contributed by atoms with E-state index in [1.54, 1.807) is 12.1 Å². The normalized spacial score (nSPS) is 23.4. The van der Waals surface area contributed by atoms with Crippen LogP contribution in [0.5, 0.6) is 0 Å². The van der Waals surface area contributed by atoms with Crippen molar-refractivity contribution in [3.05, 3.63) is 29.8 Å². The van der Waals surface area contributed by atoms with E-state index in [0.29, 0.717) is 0 Å². The average Bonchev–Trinajstić information content (AvgIpc) is 2.78.